The van der Waals surface area contributed by atoms with E-state index in [-0.39, 0.29) is 24.2 Å². The first-order valence-electron chi connectivity index (χ1n) is 11.0. The number of carbonyl (C=O) groups excluding carboxylic acids is 3. The topological polar surface area (TPSA) is 92.4 Å². The Hall–Kier alpha value is -2.96. The van der Waals surface area contributed by atoms with E-state index in [9.17, 15) is 14.4 Å². The van der Waals surface area contributed by atoms with Crippen molar-refractivity contribution in [2.24, 2.45) is 5.92 Å². The van der Waals surface area contributed by atoms with Gasteiger partial charge in [0.05, 0.1) is 12.6 Å². The minimum Gasteiger partial charge on any atom is -0.461 e. The molecule has 2 heterocycles. The maximum Gasteiger partial charge on any atom is 0.355 e. The highest BCUT2D eigenvalue weighted by Gasteiger charge is 2.35. The van der Waals surface area contributed by atoms with Crippen LogP contribution < -0.4 is 0 Å². The van der Waals surface area contributed by atoms with Gasteiger partial charge in [-0.15, -0.1) is 0 Å². The molecule has 31 heavy (non-hydrogen) atoms. The molecule has 7 nitrogen and oxygen atoms in total. The van der Waals surface area contributed by atoms with Gasteiger partial charge >= 0.3 is 5.97 Å². The minimum absolute atomic E-state index is 0.0116. The first-order chi connectivity index (χ1) is 14.8. The molecule has 0 aromatic carbocycles. The van der Waals surface area contributed by atoms with E-state index in [1.165, 1.54) is 0 Å². The van der Waals surface area contributed by atoms with E-state index in [2.05, 4.69) is 9.97 Å². The van der Waals surface area contributed by atoms with Gasteiger partial charge in [-0.2, -0.15) is 0 Å². The van der Waals surface area contributed by atoms with Crippen molar-refractivity contribution in [3.8, 4) is 0 Å². The van der Waals surface area contributed by atoms with E-state index in [1.54, 1.807) is 38.8 Å². The Morgan fingerprint density at radius 2 is 2.00 bits per heavy atom. The van der Waals surface area contributed by atoms with Crippen LogP contribution >= 0.6 is 0 Å². The number of aromatic nitrogens is 2. The summed E-state index contributed by atoms with van der Waals surface area (Å²) in [6.45, 7) is 7.69. The molecule has 0 spiro atoms. The smallest absolute Gasteiger partial charge is 0.355 e. The van der Waals surface area contributed by atoms with Crippen molar-refractivity contribution in [3.63, 3.8) is 0 Å². The molecule has 166 valence electrons. The van der Waals surface area contributed by atoms with Crippen molar-refractivity contribution < 1.29 is 19.1 Å². The lowest BCUT2D eigenvalue weighted by Crippen LogP contribution is -2.48. The van der Waals surface area contributed by atoms with Gasteiger partial charge in [0.15, 0.2) is 5.78 Å². The summed E-state index contributed by atoms with van der Waals surface area (Å²) in [7, 11) is 0. The van der Waals surface area contributed by atoms with Crippen LogP contribution in [0.2, 0.25) is 0 Å². The third-order valence-electron chi connectivity index (χ3n) is 6.08. The zero-order valence-corrected chi connectivity index (χ0v) is 18.7. The van der Waals surface area contributed by atoms with E-state index in [4.69, 9.17) is 4.74 Å². The fraction of sp³-hybridized carbons (Fsp3) is 0.500. The highest BCUT2D eigenvalue weighted by Crippen LogP contribution is 2.30. The van der Waals surface area contributed by atoms with E-state index in [0.29, 0.717) is 35.5 Å². The van der Waals surface area contributed by atoms with E-state index < -0.39 is 12.0 Å². The summed E-state index contributed by atoms with van der Waals surface area (Å²) in [5, 5.41) is 0. The molecule has 0 radical (unpaired) electrons. The fourth-order valence-corrected chi connectivity index (χ4v) is 4.04. The molecular formula is C24H31N3O4. The Morgan fingerprint density at radius 3 is 2.58 bits per heavy atom. The Bertz CT molecular complexity index is 947. The number of aryl methyl sites for hydroxylation is 1. The maximum absolute atomic E-state index is 13.5. The highest BCUT2D eigenvalue weighted by atomic mass is 16.5. The summed E-state index contributed by atoms with van der Waals surface area (Å²) < 4.78 is 5.09. The van der Waals surface area contributed by atoms with Crippen LogP contribution in [0.25, 0.3) is 0 Å². The third kappa shape index (κ3) is 4.86. The van der Waals surface area contributed by atoms with Gasteiger partial charge in [-0.3, -0.25) is 14.6 Å². The first kappa shape index (κ1) is 22.7. The molecular weight excluding hydrogens is 394 g/mol. The number of nitrogens with one attached hydrogen (secondary N) is 1. The van der Waals surface area contributed by atoms with Crippen molar-refractivity contribution in [2.45, 2.75) is 59.4 Å². The quantitative estimate of drug-likeness (QED) is 0.489. The van der Waals surface area contributed by atoms with Gasteiger partial charge in [-0.25, -0.2) is 4.79 Å². The number of carbonyl (C=O) groups is 3. The van der Waals surface area contributed by atoms with Gasteiger partial charge in [0.1, 0.15) is 5.69 Å². The number of pyridine rings is 1. The van der Waals surface area contributed by atoms with Crippen molar-refractivity contribution in [1.29, 1.82) is 0 Å². The first-order valence-corrected chi connectivity index (χ1v) is 11.0. The second kappa shape index (κ2) is 9.90. The van der Waals surface area contributed by atoms with Gasteiger partial charge in [0.2, 0.25) is 5.91 Å². The maximum atomic E-state index is 13.5. The molecule has 2 aromatic heterocycles. The monoisotopic (exact) mass is 425 g/mol. The molecule has 2 aromatic rings. The van der Waals surface area contributed by atoms with Crippen LogP contribution in [0.5, 0.6) is 0 Å². The van der Waals surface area contributed by atoms with Gasteiger partial charge in [-0.1, -0.05) is 12.5 Å². The molecule has 0 aliphatic heterocycles. The van der Waals surface area contributed by atoms with Crippen LogP contribution in [0.4, 0.5) is 0 Å². The van der Waals surface area contributed by atoms with Crippen molar-refractivity contribution >= 4 is 17.7 Å². The van der Waals surface area contributed by atoms with Crippen LogP contribution in [-0.4, -0.2) is 51.7 Å². The highest BCUT2D eigenvalue weighted by molar-refractivity contribution is 6.06. The molecule has 1 N–H and O–H groups in total. The standard InChI is InChI=1S/C24H31N3O4/c1-5-31-24(30)21-15(2)20(16(3)26-21)22(28)17(4)27(23(29)18-9-8-10-18)14-12-19-11-6-7-13-25-19/h6-7,11,13,17-18,26H,5,8-10,12,14H2,1-4H3/t17-/m1/s1. The zero-order valence-electron chi connectivity index (χ0n) is 18.7. The number of ketones is 1. The fourth-order valence-electron chi connectivity index (χ4n) is 4.04. The lowest BCUT2D eigenvalue weighted by molar-refractivity contribution is -0.139. The second-order valence-corrected chi connectivity index (χ2v) is 8.12. The average Bonchev–Trinajstić information content (AvgIpc) is 3.01. The van der Waals surface area contributed by atoms with Gasteiger partial charge in [0.25, 0.3) is 0 Å². The zero-order chi connectivity index (χ0) is 22.5. The SMILES string of the molecule is CCOC(=O)c1[nH]c(C)c(C(=O)[C@@H](C)N(CCc2ccccn2)C(=O)C2CCC2)c1C. The molecule has 3 rings (SSSR count). The molecule has 1 amide bonds. The number of aromatic amines is 1. The Balaban J connectivity index is 1.84. The van der Waals surface area contributed by atoms with E-state index >= 15 is 0 Å². The predicted molar refractivity (Wildman–Crippen MR) is 117 cm³/mol. The number of amides is 1. The largest absolute Gasteiger partial charge is 0.461 e. The number of esters is 1. The van der Waals surface area contributed by atoms with Gasteiger partial charge < -0.3 is 14.6 Å². The van der Waals surface area contributed by atoms with Crippen molar-refractivity contribution in [2.75, 3.05) is 13.2 Å². The number of rotatable bonds is 9. The molecule has 0 bridgehead atoms. The summed E-state index contributed by atoms with van der Waals surface area (Å²) >= 11 is 0. The van der Waals surface area contributed by atoms with Crippen LogP contribution in [0.1, 0.15) is 70.9 Å². The molecule has 1 saturated carbocycles. The predicted octanol–water partition coefficient (Wildman–Crippen LogP) is 3.65. The second-order valence-electron chi connectivity index (χ2n) is 8.12. The Morgan fingerprint density at radius 1 is 1.26 bits per heavy atom. The van der Waals surface area contributed by atoms with Gasteiger partial charge in [-0.05, 0) is 58.2 Å². The van der Waals surface area contributed by atoms with Crippen LogP contribution in [-0.2, 0) is 16.0 Å². The van der Waals surface area contributed by atoms with Crippen LogP contribution in [0.15, 0.2) is 24.4 Å². The van der Waals surface area contributed by atoms with E-state index in [0.717, 1.165) is 25.0 Å². The summed E-state index contributed by atoms with van der Waals surface area (Å²) in [6.07, 6.45) is 5.09. The number of H-pyrrole nitrogens is 1. The summed E-state index contributed by atoms with van der Waals surface area (Å²) in [4.78, 5) is 47.9. The number of Topliss-reactive ketones (excluding diaryl/α,β-unsaturated/α-hetero) is 1. The number of nitrogens with zero attached hydrogens (tertiary/aromatic N) is 2. The lowest BCUT2D eigenvalue weighted by Gasteiger charge is -2.35. The molecule has 0 unspecified atom stereocenters. The van der Waals surface area contributed by atoms with Crippen molar-refractivity contribution in [3.05, 3.63) is 52.6 Å². The number of ether oxygens (including phenoxy) is 1. The summed E-state index contributed by atoms with van der Waals surface area (Å²) in [5.41, 5.74) is 2.80. The molecule has 1 aliphatic carbocycles. The lowest BCUT2D eigenvalue weighted by atomic mass is 9.83. The molecule has 1 fully saturated rings. The van der Waals surface area contributed by atoms with Gasteiger partial charge in [0, 0.05) is 42.0 Å². The Labute approximate surface area is 183 Å². The van der Waals surface area contributed by atoms with Crippen molar-refractivity contribution in [1.82, 2.24) is 14.9 Å². The summed E-state index contributed by atoms with van der Waals surface area (Å²) in [5.74, 6) is -0.634. The van der Waals surface area contributed by atoms with Crippen LogP contribution in [0.3, 0.4) is 0 Å². The molecule has 1 aliphatic rings. The van der Waals surface area contributed by atoms with Crippen LogP contribution in [0, 0.1) is 19.8 Å². The Kier molecular flexibility index (Phi) is 7.25. The number of hydrogen-bond donors (Lipinski definition) is 1. The molecule has 0 saturated heterocycles. The summed E-state index contributed by atoms with van der Waals surface area (Å²) in [6, 6.07) is 5.05. The minimum atomic E-state index is -0.639. The average molecular weight is 426 g/mol. The molecule has 1 atom stereocenters. The third-order valence-corrected chi connectivity index (χ3v) is 6.08. The normalized spacial score (nSPS) is 14.6. The molecule has 7 heteroatoms. The number of hydrogen-bond acceptors (Lipinski definition) is 5. The van der Waals surface area contributed by atoms with E-state index in [1.807, 2.05) is 18.2 Å².